The zero-order chi connectivity index (χ0) is 20.5. The van der Waals surface area contributed by atoms with Crippen LogP contribution in [-0.4, -0.2) is 18.0 Å². The van der Waals surface area contributed by atoms with E-state index in [1.165, 1.54) is 6.07 Å². The fourth-order valence-electron chi connectivity index (χ4n) is 2.75. The second-order valence-electron chi connectivity index (χ2n) is 6.62. The van der Waals surface area contributed by atoms with Gasteiger partial charge in [-0.05, 0) is 53.9 Å². The standard InChI is InChI=1S/C23H25FN4O.HI/c1-17-13-19(8-11-22(17)24)15-28-23(25-2)27-14-18-6-9-21(10-7-18)29-16-20-5-3-4-12-26-20;/h3-13H,14-16H2,1-2H3,(H2,25,27,28);1H. The molecule has 2 N–H and O–H groups in total. The van der Waals surface area contributed by atoms with Gasteiger partial charge in [0.05, 0.1) is 5.69 Å². The summed E-state index contributed by atoms with van der Waals surface area (Å²) < 4.78 is 19.1. The number of aliphatic imine (C=N–C) groups is 1. The van der Waals surface area contributed by atoms with Gasteiger partial charge in [0.2, 0.25) is 0 Å². The number of nitrogens with zero attached hydrogens (tertiary/aromatic N) is 2. The van der Waals surface area contributed by atoms with Crippen LogP contribution in [0.3, 0.4) is 0 Å². The fourth-order valence-corrected chi connectivity index (χ4v) is 2.75. The number of aryl methyl sites for hydroxylation is 1. The zero-order valence-corrected chi connectivity index (χ0v) is 19.4. The lowest BCUT2D eigenvalue weighted by Crippen LogP contribution is -2.36. The van der Waals surface area contributed by atoms with Gasteiger partial charge in [-0.15, -0.1) is 24.0 Å². The Morgan fingerprint density at radius 2 is 1.70 bits per heavy atom. The van der Waals surface area contributed by atoms with Crippen molar-refractivity contribution in [3.63, 3.8) is 0 Å². The summed E-state index contributed by atoms with van der Waals surface area (Å²) in [6.07, 6.45) is 1.76. The Hall–Kier alpha value is -2.68. The highest BCUT2D eigenvalue weighted by Gasteiger charge is 2.03. The molecule has 7 heteroatoms. The first-order chi connectivity index (χ1) is 14.1. The maximum Gasteiger partial charge on any atom is 0.191 e. The van der Waals surface area contributed by atoms with Gasteiger partial charge in [0.25, 0.3) is 0 Å². The number of halogens is 2. The van der Waals surface area contributed by atoms with Crippen molar-refractivity contribution >= 4 is 29.9 Å². The van der Waals surface area contributed by atoms with Gasteiger partial charge in [0.1, 0.15) is 18.2 Å². The summed E-state index contributed by atoms with van der Waals surface area (Å²) in [4.78, 5) is 8.47. The summed E-state index contributed by atoms with van der Waals surface area (Å²) in [6.45, 7) is 3.40. The van der Waals surface area contributed by atoms with Crippen LogP contribution in [0.2, 0.25) is 0 Å². The molecule has 30 heavy (non-hydrogen) atoms. The molecule has 0 aliphatic rings. The highest BCUT2D eigenvalue weighted by atomic mass is 127. The quantitative estimate of drug-likeness (QED) is 0.272. The average Bonchev–Trinajstić information content (AvgIpc) is 2.76. The smallest absolute Gasteiger partial charge is 0.191 e. The minimum absolute atomic E-state index is 0. The molecule has 0 saturated heterocycles. The largest absolute Gasteiger partial charge is 0.487 e. The topological polar surface area (TPSA) is 58.5 Å². The molecule has 0 aliphatic carbocycles. The Balaban J connectivity index is 0.00000320. The van der Waals surface area contributed by atoms with Crippen molar-refractivity contribution in [3.8, 4) is 5.75 Å². The lowest BCUT2D eigenvalue weighted by Gasteiger charge is -2.13. The lowest BCUT2D eigenvalue weighted by molar-refractivity contribution is 0.301. The molecule has 0 fully saturated rings. The van der Waals surface area contributed by atoms with E-state index in [2.05, 4.69) is 20.6 Å². The van der Waals surface area contributed by atoms with Crippen molar-refractivity contribution in [2.24, 2.45) is 4.99 Å². The molecule has 0 aliphatic heterocycles. The molecule has 3 rings (SSSR count). The predicted octanol–water partition coefficient (Wildman–Crippen LogP) is 4.59. The summed E-state index contributed by atoms with van der Waals surface area (Å²) in [5.74, 6) is 1.29. The Labute approximate surface area is 193 Å². The number of pyridine rings is 1. The molecule has 0 atom stereocenters. The number of benzene rings is 2. The van der Waals surface area contributed by atoms with E-state index in [1.807, 2.05) is 48.5 Å². The summed E-state index contributed by atoms with van der Waals surface area (Å²) in [5, 5.41) is 6.51. The molecule has 0 amide bonds. The molecule has 158 valence electrons. The van der Waals surface area contributed by atoms with Crippen LogP contribution in [0.4, 0.5) is 4.39 Å². The van der Waals surface area contributed by atoms with Crippen LogP contribution >= 0.6 is 24.0 Å². The highest BCUT2D eigenvalue weighted by Crippen LogP contribution is 2.14. The molecular formula is C23H26FIN4O. The number of hydrogen-bond donors (Lipinski definition) is 2. The summed E-state index contributed by atoms with van der Waals surface area (Å²) in [6, 6.07) is 18.8. The monoisotopic (exact) mass is 520 g/mol. The highest BCUT2D eigenvalue weighted by molar-refractivity contribution is 14.0. The van der Waals surface area contributed by atoms with Gasteiger partial charge < -0.3 is 15.4 Å². The van der Waals surface area contributed by atoms with Gasteiger partial charge >= 0.3 is 0 Å². The number of guanidine groups is 1. The molecule has 2 aromatic carbocycles. The van der Waals surface area contributed by atoms with Gasteiger partial charge in [0.15, 0.2) is 5.96 Å². The molecule has 5 nitrogen and oxygen atoms in total. The van der Waals surface area contributed by atoms with Gasteiger partial charge in [-0.2, -0.15) is 0 Å². The van der Waals surface area contributed by atoms with Crippen molar-refractivity contribution < 1.29 is 9.13 Å². The summed E-state index contributed by atoms with van der Waals surface area (Å²) in [7, 11) is 1.72. The van der Waals surface area contributed by atoms with Crippen LogP contribution in [0.15, 0.2) is 71.9 Å². The molecule has 0 bridgehead atoms. The van der Waals surface area contributed by atoms with E-state index in [0.717, 1.165) is 22.6 Å². The second-order valence-corrected chi connectivity index (χ2v) is 6.62. The molecule has 0 saturated carbocycles. The Bertz CT molecular complexity index is 949. The van der Waals surface area contributed by atoms with Crippen LogP contribution in [0.25, 0.3) is 0 Å². The van der Waals surface area contributed by atoms with E-state index in [9.17, 15) is 4.39 Å². The Morgan fingerprint density at radius 3 is 2.33 bits per heavy atom. The minimum atomic E-state index is -0.191. The van der Waals surface area contributed by atoms with Crippen molar-refractivity contribution in [3.05, 3.63) is 95.1 Å². The van der Waals surface area contributed by atoms with E-state index in [-0.39, 0.29) is 29.8 Å². The number of rotatable bonds is 7. The fraction of sp³-hybridized carbons (Fsp3) is 0.217. The van der Waals surface area contributed by atoms with E-state index in [1.54, 1.807) is 26.2 Å². The van der Waals surface area contributed by atoms with Crippen molar-refractivity contribution in [2.75, 3.05) is 7.05 Å². The summed E-state index contributed by atoms with van der Waals surface area (Å²) in [5.41, 5.74) is 3.64. The lowest BCUT2D eigenvalue weighted by atomic mass is 10.1. The van der Waals surface area contributed by atoms with Crippen molar-refractivity contribution in [1.82, 2.24) is 15.6 Å². The average molecular weight is 520 g/mol. The molecular weight excluding hydrogens is 494 g/mol. The van der Waals surface area contributed by atoms with Gasteiger partial charge in [0, 0.05) is 26.3 Å². The van der Waals surface area contributed by atoms with Crippen LogP contribution in [-0.2, 0) is 19.7 Å². The van der Waals surface area contributed by atoms with E-state index < -0.39 is 0 Å². The minimum Gasteiger partial charge on any atom is -0.487 e. The van der Waals surface area contributed by atoms with E-state index >= 15 is 0 Å². The maximum absolute atomic E-state index is 13.4. The third kappa shape index (κ3) is 7.29. The van der Waals surface area contributed by atoms with E-state index in [4.69, 9.17) is 4.74 Å². The summed E-state index contributed by atoms with van der Waals surface area (Å²) >= 11 is 0. The Kier molecular flexibility index (Phi) is 9.53. The molecule has 1 heterocycles. The second kappa shape index (κ2) is 12.1. The van der Waals surface area contributed by atoms with E-state index in [0.29, 0.717) is 31.2 Å². The first kappa shape index (κ1) is 23.6. The molecule has 0 spiro atoms. The molecule has 0 radical (unpaired) electrons. The van der Waals surface area contributed by atoms with Gasteiger partial charge in [-0.25, -0.2) is 4.39 Å². The number of hydrogen-bond acceptors (Lipinski definition) is 3. The first-order valence-corrected chi connectivity index (χ1v) is 9.45. The van der Waals surface area contributed by atoms with Crippen LogP contribution in [0, 0.1) is 12.7 Å². The molecule has 0 unspecified atom stereocenters. The van der Waals surface area contributed by atoms with Crippen LogP contribution in [0.5, 0.6) is 5.75 Å². The number of nitrogens with one attached hydrogen (secondary N) is 2. The van der Waals surface area contributed by atoms with Gasteiger partial charge in [-0.3, -0.25) is 9.98 Å². The predicted molar refractivity (Wildman–Crippen MR) is 129 cm³/mol. The third-order valence-corrected chi connectivity index (χ3v) is 4.40. The first-order valence-electron chi connectivity index (χ1n) is 9.45. The van der Waals surface area contributed by atoms with Crippen molar-refractivity contribution in [1.29, 1.82) is 0 Å². The van der Waals surface area contributed by atoms with Crippen LogP contribution < -0.4 is 15.4 Å². The number of aromatic nitrogens is 1. The van der Waals surface area contributed by atoms with Crippen LogP contribution in [0.1, 0.15) is 22.4 Å². The maximum atomic E-state index is 13.4. The third-order valence-electron chi connectivity index (χ3n) is 4.40. The number of ether oxygens (including phenoxy) is 1. The molecule has 3 aromatic rings. The Morgan fingerprint density at radius 1 is 1.00 bits per heavy atom. The van der Waals surface area contributed by atoms with Gasteiger partial charge in [-0.1, -0.05) is 30.3 Å². The van der Waals surface area contributed by atoms with Crippen molar-refractivity contribution in [2.45, 2.75) is 26.6 Å². The SMILES string of the molecule is CN=C(NCc1ccc(OCc2ccccn2)cc1)NCc1ccc(F)c(C)c1.I. The zero-order valence-electron chi connectivity index (χ0n) is 17.1. The molecule has 1 aromatic heterocycles. The normalized spacial score (nSPS) is 10.8.